The number of hydrogen-bond donors (Lipinski definition) is 0. The molecule has 12 aromatic rings. The highest BCUT2D eigenvalue weighted by Gasteiger charge is 2.22. The van der Waals surface area contributed by atoms with Crippen LogP contribution in [0, 0.1) is 0 Å². The normalized spacial score (nSPS) is 11.9. The molecule has 0 unspecified atom stereocenters. The van der Waals surface area contributed by atoms with Crippen LogP contribution in [0.3, 0.4) is 0 Å². The summed E-state index contributed by atoms with van der Waals surface area (Å²) in [7, 11) is 0. The third-order valence-corrected chi connectivity index (χ3v) is 11.3. The first-order valence-electron chi connectivity index (χ1n) is 19.2. The van der Waals surface area contributed by atoms with E-state index in [9.17, 15) is 0 Å². The molecule has 0 amide bonds. The van der Waals surface area contributed by atoms with Gasteiger partial charge in [0.1, 0.15) is 5.58 Å². The van der Waals surface area contributed by atoms with Crippen molar-refractivity contribution in [3.63, 3.8) is 0 Å². The number of furan rings is 1. The van der Waals surface area contributed by atoms with E-state index in [0.717, 1.165) is 71.9 Å². The van der Waals surface area contributed by atoms with Gasteiger partial charge in [-0.3, -0.25) is 0 Å². The Hall–Kier alpha value is -7.76. The van der Waals surface area contributed by atoms with Crippen LogP contribution in [-0.2, 0) is 0 Å². The molecule has 0 saturated carbocycles. The summed E-state index contributed by atoms with van der Waals surface area (Å²) in [5.41, 5.74) is 13.3. The molecule has 0 aliphatic carbocycles. The molecule has 12 rings (SSSR count). The van der Waals surface area contributed by atoms with Gasteiger partial charge in [0.2, 0.25) is 5.71 Å². The van der Waals surface area contributed by atoms with Crippen molar-refractivity contribution in [1.82, 2.24) is 19.1 Å². The lowest BCUT2D eigenvalue weighted by atomic mass is 10.00. The maximum absolute atomic E-state index is 6.71. The zero-order chi connectivity index (χ0) is 37.5. The van der Waals surface area contributed by atoms with Gasteiger partial charge in [0.05, 0.1) is 33.1 Å². The van der Waals surface area contributed by atoms with Gasteiger partial charge in [-0.2, -0.15) is 4.98 Å². The molecule has 0 fully saturated rings. The van der Waals surface area contributed by atoms with Gasteiger partial charge < -0.3 is 13.6 Å². The van der Waals surface area contributed by atoms with Crippen LogP contribution in [0.4, 0.5) is 0 Å². The summed E-state index contributed by atoms with van der Waals surface area (Å²) < 4.78 is 11.4. The van der Waals surface area contributed by atoms with Crippen molar-refractivity contribution in [3.05, 3.63) is 194 Å². The van der Waals surface area contributed by atoms with E-state index in [4.69, 9.17) is 14.4 Å². The highest BCUT2D eigenvalue weighted by Crippen LogP contribution is 2.43. The zero-order valence-electron chi connectivity index (χ0n) is 30.7. The van der Waals surface area contributed by atoms with Gasteiger partial charge in [-0.15, -0.1) is 0 Å². The van der Waals surface area contributed by atoms with Gasteiger partial charge in [0, 0.05) is 55.5 Å². The van der Waals surface area contributed by atoms with E-state index in [0.29, 0.717) is 11.5 Å². The molecule has 0 atom stereocenters. The maximum Gasteiger partial charge on any atom is 0.231 e. The highest BCUT2D eigenvalue weighted by molar-refractivity contribution is 6.20. The second kappa shape index (κ2) is 12.4. The first-order valence-corrected chi connectivity index (χ1v) is 19.2. The Bertz CT molecular complexity index is 3490. The lowest BCUT2D eigenvalue weighted by Crippen LogP contribution is -1.93. The molecule has 0 spiro atoms. The molecule has 57 heavy (non-hydrogen) atoms. The summed E-state index contributed by atoms with van der Waals surface area (Å²) in [5, 5.41) is 6.67. The van der Waals surface area contributed by atoms with Crippen molar-refractivity contribution in [1.29, 1.82) is 0 Å². The molecular weight excluding hydrogens is 697 g/mol. The SMILES string of the molecule is c1ccc(-c2nc(-c3ccccc3)c3c(n2)oc2cc4c(cc23)c2cc(-c3ccc5c(c3)c3ccccc3n5-c3ccccc3)ccc2n4-c2ccccc2)cc1. The molecule has 266 valence electrons. The Morgan fingerprint density at radius 2 is 0.860 bits per heavy atom. The molecule has 5 heteroatoms. The molecule has 5 nitrogen and oxygen atoms in total. The molecule has 8 aromatic carbocycles. The monoisotopic (exact) mass is 728 g/mol. The summed E-state index contributed by atoms with van der Waals surface area (Å²) in [4.78, 5) is 10.2. The predicted molar refractivity (Wildman–Crippen MR) is 234 cm³/mol. The lowest BCUT2D eigenvalue weighted by Gasteiger charge is -2.09. The summed E-state index contributed by atoms with van der Waals surface area (Å²) in [6.07, 6.45) is 0. The van der Waals surface area contributed by atoms with Crippen molar-refractivity contribution in [2.75, 3.05) is 0 Å². The maximum atomic E-state index is 6.71. The summed E-state index contributed by atoms with van der Waals surface area (Å²) in [6, 6.07) is 68.6. The Labute approximate surface area is 327 Å². The van der Waals surface area contributed by atoms with Gasteiger partial charge in [-0.25, -0.2) is 4.98 Å². The van der Waals surface area contributed by atoms with Gasteiger partial charge in [-0.1, -0.05) is 127 Å². The van der Waals surface area contributed by atoms with E-state index < -0.39 is 0 Å². The van der Waals surface area contributed by atoms with Crippen LogP contribution in [0.15, 0.2) is 199 Å². The van der Waals surface area contributed by atoms with Crippen LogP contribution in [-0.4, -0.2) is 19.1 Å². The minimum absolute atomic E-state index is 0.574. The summed E-state index contributed by atoms with van der Waals surface area (Å²) in [5.74, 6) is 0.637. The molecule has 4 heterocycles. The van der Waals surface area contributed by atoms with E-state index in [2.05, 4.69) is 167 Å². The number of para-hydroxylation sites is 3. The van der Waals surface area contributed by atoms with E-state index in [-0.39, 0.29) is 0 Å². The van der Waals surface area contributed by atoms with Gasteiger partial charge in [0.15, 0.2) is 5.82 Å². The first-order chi connectivity index (χ1) is 28.3. The van der Waals surface area contributed by atoms with Crippen LogP contribution in [0.5, 0.6) is 0 Å². The molecule has 0 aliphatic rings. The standard InChI is InChI=1S/C52H32N4O/c1-5-15-33(16-6-1)50-49-43-31-42-41-30-36(35-25-27-45-40(29-35)39-23-13-14-24-44(39)55(45)37-19-9-3-10-20-37)26-28-46(41)56(38-21-11-4-12-22-38)47(42)32-48(43)57-52(49)54-51(53-50)34-17-7-2-8-18-34/h1-32H. The van der Waals surface area contributed by atoms with Crippen molar-refractivity contribution in [2.24, 2.45) is 0 Å². The van der Waals surface area contributed by atoms with Gasteiger partial charge >= 0.3 is 0 Å². The fourth-order valence-electron chi connectivity index (χ4n) is 8.75. The number of fused-ring (bicyclic) bond motifs is 9. The Morgan fingerprint density at radius 3 is 1.51 bits per heavy atom. The molecule has 0 bridgehead atoms. The molecule has 0 N–H and O–H groups in total. The molecule has 0 aliphatic heterocycles. The second-order valence-electron chi connectivity index (χ2n) is 14.6. The lowest BCUT2D eigenvalue weighted by molar-refractivity contribution is 0.654. The number of nitrogens with zero attached hydrogens (tertiary/aromatic N) is 4. The first kappa shape index (κ1) is 31.6. The number of hydrogen-bond acceptors (Lipinski definition) is 3. The van der Waals surface area contributed by atoms with Crippen LogP contribution in [0.1, 0.15) is 0 Å². The highest BCUT2D eigenvalue weighted by atomic mass is 16.3. The fourth-order valence-corrected chi connectivity index (χ4v) is 8.75. The van der Waals surface area contributed by atoms with Crippen molar-refractivity contribution in [3.8, 4) is 45.1 Å². The van der Waals surface area contributed by atoms with E-state index in [1.165, 1.54) is 27.4 Å². The smallest absolute Gasteiger partial charge is 0.231 e. The average Bonchev–Trinajstić information content (AvgIpc) is 3.93. The van der Waals surface area contributed by atoms with Crippen molar-refractivity contribution >= 4 is 65.7 Å². The minimum atomic E-state index is 0.574. The van der Waals surface area contributed by atoms with Crippen LogP contribution < -0.4 is 0 Å². The Balaban J connectivity index is 1.12. The molecule has 4 aromatic heterocycles. The van der Waals surface area contributed by atoms with E-state index >= 15 is 0 Å². The van der Waals surface area contributed by atoms with Crippen LogP contribution in [0.25, 0.3) is 111 Å². The van der Waals surface area contributed by atoms with E-state index in [1.807, 2.05) is 36.4 Å². The summed E-state index contributed by atoms with van der Waals surface area (Å²) in [6.45, 7) is 0. The Morgan fingerprint density at radius 1 is 0.351 bits per heavy atom. The van der Waals surface area contributed by atoms with Crippen LogP contribution >= 0.6 is 0 Å². The fraction of sp³-hybridized carbons (Fsp3) is 0. The summed E-state index contributed by atoms with van der Waals surface area (Å²) >= 11 is 0. The predicted octanol–water partition coefficient (Wildman–Crippen LogP) is 13.6. The molecular formula is C52H32N4O. The van der Waals surface area contributed by atoms with Crippen LogP contribution in [0.2, 0.25) is 0 Å². The quantitative estimate of drug-likeness (QED) is 0.177. The minimum Gasteiger partial charge on any atom is -0.437 e. The van der Waals surface area contributed by atoms with Gasteiger partial charge in [0.25, 0.3) is 0 Å². The Kier molecular flexibility index (Phi) is 6.86. The number of benzene rings is 8. The number of rotatable bonds is 5. The van der Waals surface area contributed by atoms with Crippen molar-refractivity contribution in [2.45, 2.75) is 0 Å². The third kappa shape index (κ3) is 4.89. The average molecular weight is 729 g/mol. The third-order valence-electron chi connectivity index (χ3n) is 11.3. The molecule has 0 radical (unpaired) electrons. The van der Waals surface area contributed by atoms with Crippen molar-refractivity contribution < 1.29 is 4.42 Å². The van der Waals surface area contributed by atoms with E-state index in [1.54, 1.807) is 0 Å². The largest absolute Gasteiger partial charge is 0.437 e. The molecule has 0 saturated heterocycles. The van der Waals surface area contributed by atoms with Gasteiger partial charge in [-0.05, 0) is 71.8 Å². The topological polar surface area (TPSA) is 48.8 Å². The number of aromatic nitrogens is 4. The zero-order valence-corrected chi connectivity index (χ0v) is 30.7. The second-order valence-corrected chi connectivity index (χ2v) is 14.6.